The van der Waals surface area contributed by atoms with E-state index in [9.17, 15) is 0 Å². The Labute approximate surface area is 81.8 Å². The molecule has 0 aromatic carbocycles. The Kier molecular flexibility index (Phi) is 3.92. The lowest BCUT2D eigenvalue weighted by atomic mass is 10.3. The third-order valence-electron chi connectivity index (χ3n) is 1.12. The molecule has 1 aromatic rings. The summed E-state index contributed by atoms with van der Waals surface area (Å²) in [6, 6.07) is 0. The number of nitrogens with zero attached hydrogens (tertiary/aromatic N) is 2. The van der Waals surface area contributed by atoms with Gasteiger partial charge >= 0.3 is 0 Å². The zero-order chi connectivity index (χ0) is 8.81. The van der Waals surface area contributed by atoms with Crippen LogP contribution in [0.5, 0.6) is 0 Å². The fourth-order valence-corrected chi connectivity index (χ4v) is 0.864. The first-order valence-corrected chi connectivity index (χ1v) is 4.41. The largest absolute Gasteiger partial charge is 0.243 e. The lowest BCUT2D eigenvalue weighted by molar-refractivity contribution is 1.15. The third-order valence-corrected chi connectivity index (χ3v) is 1.65. The lowest BCUT2D eigenvalue weighted by Gasteiger charge is -1.90. The van der Waals surface area contributed by atoms with Gasteiger partial charge in [0.2, 0.25) is 0 Å². The molecule has 0 unspecified atom stereocenters. The molecule has 0 aliphatic rings. The molecular weight excluding hydrogens is 192 g/mol. The maximum atomic E-state index is 5.73. The summed E-state index contributed by atoms with van der Waals surface area (Å²) in [5, 5.41) is 0.400. The van der Waals surface area contributed by atoms with Crippen LogP contribution >= 0.6 is 24.2 Å². The van der Waals surface area contributed by atoms with Gasteiger partial charge in [-0.25, -0.2) is 9.97 Å². The highest BCUT2D eigenvalue weighted by molar-refractivity contribution is 7.80. The molecule has 4 heteroatoms. The normalized spacial score (nSPS) is 8.83. The van der Waals surface area contributed by atoms with Crippen molar-refractivity contribution in [3.63, 3.8) is 0 Å². The molecular formula is C8H7ClN2S. The minimum atomic E-state index is 0.400. The molecule has 0 aliphatic carbocycles. The summed E-state index contributed by atoms with van der Waals surface area (Å²) >= 11 is 9.76. The van der Waals surface area contributed by atoms with Gasteiger partial charge in [-0.3, -0.25) is 0 Å². The maximum absolute atomic E-state index is 5.73. The van der Waals surface area contributed by atoms with Crippen LogP contribution in [0.4, 0.5) is 0 Å². The van der Waals surface area contributed by atoms with E-state index in [2.05, 4.69) is 34.4 Å². The second kappa shape index (κ2) is 5.02. The topological polar surface area (TPSA) is 25.8 Å². The summed E-state index contributed by atoms with van der Waals surface area (Å²) in [6.45, 7) is 0. The summed E-state index contributed by atoms with van der Waals surface area (Å²) < 4.78 is 0. The van der Waals surface area contributed by atoms with Crippen LogP contribution in [0.2, 0.25) is 5.15 Å². The van der Waals surface area contributed by atoms with Gasteiger partial charge in [0, 0.05) is 18.4 Å². The molecule has 0 saturated heterocycles. The van der Waals surface area contributed by atoms with Gasteiger partial charge in [-0.05, 0) is 0 Å². The van der Waals surface area contributed by atoms with Crippen molar-refractivity contribution in [2.45, 2.75) is 6.42 Å². The molecule has 0 bridgehead atoms. The molecule has 1 rings (SSSR count). The zero-order valence-electron chi connectivity index (χ0n) is 6.29. The number of aromatic nitrogens is 2. The average Bonchev–Trinajstić information content (AvgIpc) is 2.09. The number of rotatable bonds is 1. The fourth-order valence-electron chi connectivity index (χ4n) is 0.612. The van der Waals surface area contributed by atoms with Crippen molar-refractivity contribution in [2.24, 2.45) is 0 Å². The molecule has 0 radical (unpaired) electrons. The summed E-state index contributed by atoms with van der Waals surface area (Å²) in [5.41, 5.74) is 0.668. The second-order valence-electron chi connectivity index (χ2n) is 2.00. The summed E-state index contributed by atoms with van der Waals surface area (Å²) in [6.07, 6.45) is 3.74. The van der Waals surface area contributed by atoms with Crippen LogP contribution in [0.15, 0.2) is 12.5 Å². The van der Waals surface area contributed by atoms with Gasteiger partial charge in [0.1, 0.15) is 11.5 Å². The molecule has 0 fully saturated rings. The van der Waals surface area contributed by atoms with Crippen molar-refractivity contribution >= 4 is 24.2 Å². The third kappa shape index (κ3) is 2.72. The van der Waals surface area contributed by atoms with Crippen molar-refractivity contribution in [1.82, 2.24) is 9.97 Å². The van der Waals surface area contributed by atoms with Gasteiger partial charge in [0.25, 0.3) is 0 Å². The van der Waals surface area contributed by atoms with Crippen molar-refractivity contribution in [1.29, 1.82) is 0 Å². The van der Waals surface area contributed by atoms with Crippen molar-refractivity contribution in [2.75, 3.05) is 5.75 Å². The van der Waals surface area contributed by atoms with E-state index in [1.54, 1.807) is 6.20 Å². The highest BCUT2D eigenvalue weighted by atomic mass is 35.5. The summed E-state index contributed by atoms with van der Waals surface area (Å²) in [7, 11) is 0. The molecule has 2 nitrogen and oxygen atoms in total. The van der Waals surface area contributed by atoms with Crippen molar-refractivity contribution in [3.05, 3.63) is 23.2 Å². The SMILES string of the molecule is SCCC#Cc1cncnc1Cl. The van der Waals surface area contributed by atoms with Crippen molar-refractivity contribution in [3.8, 4) is 11.8 Å². The molecule has 0 atom stereocenters. The fraction of sp³-hybridized carbons (Fsp3) is 0.250. The summed E-state index contributed by atoms with van der Waals surface area (Å²) in [5.74, 6) is 6.51. The quantitative estimate of drug-likeness (QED) is 0.423. The molecule has 0 amide bonds. The maximum Gasteiger partial charge on any atom is 0.148 e. The Balaban J connectivity index is 2.77. The molecule has 1 aromatic heterocycles. The molecule has 1 heterocycles. The van der Waals surface area contributed by atoms with Crippen molar-refractivity contribution < 1.29 is 0 Å². The second-order valence-corrected chi connectivity index (χ2v) is 2.81. The Bertz CT molecular complexity index is 316. The van der Waals surface area contributed by atoms with E-state index in [0.29, 0.717) is 10.7 Å². The summed E-state index contributed by atoms with van der Waals surface area (Å²) in [4.78, 5) is 7.60. The Morgan fingerprint density at radius 3 is 3.08 bits per heavy atom. The minimum absolute atomic E-state index is 0.400. The van der Waals surface area contributed by atoms with E-state index in [1.807, 2.05) is 0 Å². The number of hydrogen-bond acceptors (Lipinski definition) is 3. The number of thiol groups is 1. The van der Waals surface area contributed by atoms with E-state index < -0.39 is 0 Å². The predicted molar refractivity (Wildman–Crippen MR) is 52.4 cm³/mol. The van der Waals surface area contributed by atoms with E-state index in [1.165, 1.54) is 6.33 Å². The smallest absolute Gasteiger partial charge is 0.148 e. The van der Waals surface area contributed by atoms with Crippen LogP contribution < -0.4 is 0 Å². The van der Waals surface area contributed by atoms with E-state index >= 15 is 0 Å². The van der Waals surface area contributed by atoms with Crippen LogP contribution in [0.1, 0.15) is 12.0 Å². The van der Waals surface area contributed by atoms with Crippen LogP contribution in [-0.4, -0.2) is 15.7 Å². The molecule has 0 N–H and O–H groups in total. The first-order valence-electron chi connectivity index (χ1n) is 3.40. The number of halogens is 1. The molecule has 0 saturated carbocycles. The van der Waals surface area contributed by atoms with Crippen LogP contribution in [0, 0.1) is 11.8 Å². The highest BCUT2D eigenvalue weighted by Crippen LogP contribution is 2.07. The van der Waals surface area contributed by atoms with Gasteiger partial charge in [-0.2, -0.15) is 12.6 Å². The molecule has 0 spiro atoms. The first kappa shape index (κ1) is 9.37. The van der Waals surface area contributed by atoms with Crippen LogP contribution in [-0.2, 0) is 0 Å². The Morgan fingerprint density at radius 1 is 1.58 bits per heavy atom. The monoisotopic (exact) mass is 198 g/mol. The standard InChI is InChI=1S/C8H7ClN2S/c9-8-7(3-1-2-4-12)5-10-6-11-8/h5-6,12H,2,4H2. The average molecular weight is 199 g/mol. The highest BCUT2D eigenvalue weighted by Gasteiger charge is 1.94. The van der Waals surface area contributed by atoms with E-state index in [0.717, 1.165) is 12.2 Å². The first-order chi connectivity index (χ1) is 5.84. The zero-order valence-corrected chi connectivity index (χ0v) is 7.94. The van der Waals surface area contributed by atoms with Gasteiger partial charge in [-0.15, -0.1) is 0 Å². The van der Waals surface area contributed by atoms with E-state index in [4.69, 9.17) is 11.6 Å². The van der Waals surface area contributed by atoms with Crippen LogP contribution in [0.25, 0.3) is 0 Å². The Hall–Kier alpha value is -0.720. The van der Waals surface area contributed by atoms with Gasteiger partial charge < -0.3 is 0 Å². The Morgan fingerprint density at radius 2 is 2.42 bits per heavy atom. The van der Waals surface area contributed by atoms with E-state index in [-0.39, 0.29) is 0 Å². The van der Waals surface area contributed by atoms with Gasteiger partial charge in [0.05, 0.1) is 5.56 Å². The molecule has 12 heavy (non-hydrogen) atoms. The van der Waals surface area contributed by atoms with Crippen LogP contribution in [0.3, 0.4) is 0 Å². The molecule has 0 aliphatic heterocycles. The van der Waals surface area contributed by atoms with Gasteiger partial charge in [0.15, 0.2) is 0 Å². The number of hydrogen-bond donors (Lipinski definition) is 1. The minimum Gasteiger partial charge on any atom is -0.243 e. The predicted octanol–water partition coefficient (Wildman–Crippen LogP) is 1.80. The lowest BCUT2D eigenvalue weighted by Crippen LogP contribution is -1.83. The van der Waals surface area contributed by atoms with Gasteiger partial charge in [-0.1, -0.05) is 23.4 Å². The molecule has 62 valence electrons.